The molecule has 0 aliphatic heterocycles. The summed E-state index contributed by atoms with van der Waals surface area (Å²) in [5.74, 6) is -2.38. The number of aromatic nitrogens is 1. The second-order valence-corrected chi connectivity index (χ2v) is 3.06. The maximum atomic E-state index is 13.1. The van der Waals surface area contributed by atoms with Gasteiger partial charge >= 0.3 is 5.97 Å². The number of carbonyl (C=O) groups is 1. The number of alkyl halides is 2. The molecule has 0 aliphatic carbocycles. The summed E-state index contributed by atoms with van der Waals surface area (Å²) >= 11 is 0. The molecule has 0 amide bonds. The van der Waals surface area contributed by atoms with Crippen LogP contribution in [0.2, 0.25) is 0 Å². The lowest BCUT2D eigenvalue weighted by Gasteiger charge is -2.08. The number of nitrogens with zero attached hydrogens (tertiary/aromatic N) is 1. The van der Waals surface area contributed by atoms with Crippen molar-refractivity contribution < 1.29 is 23.1 Å². The third-order valence-corrected chi connectivity index (χ3v) is 1.93. The number of pyridine rings is 1. The molecule has 0 aromatic carbocycles. The molecule has 0 unspecified atom stereocenters. The summed E-state index contributed by atoms with van der Waals surface area (Å²) < 4.78 is 37.9. The predicted molar refractivity (Wildman–Crippen MR) is 48.4 cm³/mol. The Morgan fingerprint density at radius 3 is 2.56 bits per heavy atom. The van der Waals surface area contributed by atoms with Crippen LogP contribution in [0.25, 0.3) is 0 Å². The zero-order chi connectivity index (χ0) is 12.3. The van der Waals surface area contributed by atoms with Crippen LogP contribution >= 0.6 is 0 Å². The minimum absolute atomic E-state index is 0.0827. The number of carboxylic acid groups (broad SMARTS) is 1. The fraction of sp³-hybridized carbons (Fsp3) is 0.333. The van der Waals surface area contributed by atoms with Crippen LogP contribution in [0.1, 0.15) is 23.2 Å². The second kappa shape index (κ2) is 4.93. The number of hydrogen-bond donors (Lipinski definition) is 2. The first-order valence-corrected chi connectivity index (χ1v) is 4.34. The Balaban J connectivity index is 3.24. The first-order chi connectivity index (χ1) is 7.45. The highest BCUT2D eigenvalue weighted by molar-refractivity contribution is 5.70. The largest absolute Gasteiger partial charge is 0.481 e. The summed E-state index contributed by atoms with van der Waals surface area (Å²) in [6.07, 6.45) is -3.66. The first kappa shape index (κ1) is 12.4. The van der Waals surface area contributed by atoms with Crippen LogP contribution in [0.15, 0.2) is 6.07 Å². The molecule has 0 atom stereocenters. The predicted octanol–water partition coefficient (Wildman–Crippen LogP) is 1.24. The second-order valence-electron chi connectivity index (χ2n) is 3.06. The summed E-state index contributed by atoms with van der Waals surface area (Å²) in [5, 5.41) is 8.51. The number of nitrogens with two attached hydrogens (primary N) is 1. The number of halogens is 3. The summed E-state index contributed by atoms with van der Waals surface area (Å²) in [6.45, 7) is -0.227. The minimum atomic E-state index is -3.02. The van der Waals surface area contributed by atoms with Crippen molar-refractivity contribution in [3.8, 4) is 0 Å². The molecule has 3 N–H and O–H groups in total. The molecule has 1 heterocycles. The van der Waals surface area contributed by atoms with E-state index in [0.717, 1.165) is 6.07 Å². The van der Waals surface area contributed by atoms with Gasteiger partial charge in [0, 0.05) is 12.1 Å². The molecule has 7 heteroatoms. The topological polar surface area (TPSA) is 76.2 Å². The molecule has 1 rings (SSSR count). The molecule has 0 bridgehead atoms. The lowest BCUT2D eigenvalue weighted by atomic mass is 10.1. The van der Waals surface area contributed by atoms with Crippen molar-refractivity contribution in [3.63, 3.8) is 0 Å². The SMILES string of the molecule is NCc1cc(CC(=O)O)c(C(F)F)nc1F. The van der Waals surface area contributed by atoms with Crippen LogP contribution in [0, 0.1) is 5.95 Å². The zero-order valence-corrected chi connectivity index (χ0v) is 8.08. The van der Waals surface area contributed by atoms with Gasteiger partial charge in [0.2, 0.25) is 5.95 Å². The normalized spacial score (nSPS) is 10.8. The summed E-state index contributed by atoms with van der Waals surface area (Å²) in [5.41, 5.74) is 4.01. The molecule has 0 saturated heterocycles. The molecule has 4 nitrogen and oxygen atoms in total. The highest BCUT2D eigenvalue weighted by atomic mass is 19.3. The third kappa shape index (κ3) is 2.69. The maximum absolute atomic E-state index is 13.1. The Bertz CT molecular complexity index is 410. The van der Waals surface area contributed by atoms with E-state index in [9.17, 15) is 18.0 Å². The zero-order valence-electron chi connectivity index (χ0n) is 8.08. The van der Waals surface area contributed by atoms with Crippen molar-refractivity contribution in [1.29, 1.82) is 0 Å². The van der Waals surface area contributed by atoms with Gasteiger partial charge < -0.3 is 10.8 Å². The molecule has 0 fully saturated rings. The number of hydrogen-bond acceptors (Lipinski definition) is 3. The van der Waals surface area contributed by atoms with Gasteiger partial charge in [-0.1, -0.05) is 0 Å². The standard InChI is InChI=1S/C9H9F3N2O2/c10-8(11)7-4(2-6(15)16)1-5(3-13)9(12)14-7/h1,8H,2-3,13H2,(H,15,16). The highest BCUT2D eigenvalue weighted by Gasteiger charge is 2.19. The maximum Gasteiger partial charge on any atom is 0.307 e. The quantitative estimate of drug-likeness (QED) is 0.768. The highest BCUT2D eigenvalue weighted by Crippen LogP contribution is 2.23. The van der Waals surface area contributed by atoms with Crippen LogP contribution in [-0.2, 0) is 17.8 Å². The van der Waals surface area contributed by atoms with Crippen molar-refractivity contribution in [3.05, 3.63) is 28.8 Å². The Hall–Kier alpha value is -1.63. The summed E-state index contributed by atoms with van der Waals surface area (Å²) in [6, 6.07) is 1.01. The Morgan fingerprint density at radius 1 is 1.50 bits per heavy atom. The van der Waals surface area contributed by atoms with E-state index in [1.54, 1.807) is 0 Å². The average Bonchev–Trinajstić information content (AvgIpc) is 2.19. The van der Waals surface area contributed by atoms with E-state index in [4.69, 9.17) is 10.8 Å². The van der Waals surface area contributed by atoms with Crippen LogP contribution in [0.5, 0.6) is 0 Å². The minimum Gasteiger partial charge on any atom is -0.481 e. The fourth-order valence-corrected chi connectivity index (χ4v) is 1.23. The van der Waals surface area contributed by atoms with Gasteiger partial charge in [-0.3, -0.25) is 4.79 Å². The van der Waals surface area contributed by atoms with Crippen LogP contribution in [-0.4, -0.2) is 16.1 Å². The van der Waals surface area contributed by atoms with Crippen LogP contribution in [0.4, 0.5) is 13.2 Å². The molecule has 1 aromatic rings. The van der Waals surface area contributed by atoms with Gasteiger partial charge in [0.25, 0.3) is 6.43 Å². The van der Waals surface area contributed by atoms with Crippen molar-refractivity contribution in [2.45, 2.75) is 19.4 Å². The van der Waals surface area contributed by atoms with Crippen LogP contribution in [0.3, 0.4) is 0 Å². The smallest absolute Gasteiger partial charge is 0.307 e. The fourth-order valence-electron chi connectivity index (χ4n) is 1.23. The van der Waals surface area contributed by atoms with Gasteiger partial charge in [-0.15, -0.1) is 0 Å². The molecule has 0 aliphatic rings. The molecular formula is C9H9F3N2O2. The van der Waals surface area contributed by atoms with E-state index in [-0.39, 0.29) is 17.7 Å². The monoisotopic (exact) mass is 234 g/mol. The first-order valence-electron chi connectivity index (χ1n) is 4.34. The van der Waals surface area contributed by atoms with E-state index >= 15 is 0 Å². The summed E-state index contributed by atoms with van der Waals surface area (Å²) in [4.78, 5) is 13.5. The molecular weight excluding hydrogens is 225 g/mol. The summed E-state index contributed by atoms with van der Waals surface area (Å²) in [7, 11) is 0. The van der Waals surface area contributed by atoms with E-state index in [0.29, 0.717) is 0 Å². The Morgan fingerprint density at radius 2 is 2.12 bits per heavy atom. The van der Waals surface area contributed by atoms with Gasteiger partial charge in [0.1, 0.15) is 5.69 Å². The van der Waals surface area contributed by atoms with E-state index in [1.807, 2.05) is 0 Å². The molecule has 0 spiro atoms. The molecule has 1 aromatic heterocycles. The lowest BCUT2D eigenvalue weighted by molar-refractivity contribution is -0.136. The van der Waals surface area contributed by atoms with Gasteiger partial charge in [0.05, 0.1) is 6.42 Å². The van der Waals surface area contributed by atoms with E-state index in [1.165, 1.54) is 0 Å². The molecule has 16 heavy (non-hydrogen) atoms. The van der Waals surface area contributed by atoms with Crippen LogP contribution < -0.4 is 5.73 Å². The van der Waals surface area contributed by atoms with Crippen molar-refractivity contribution in [2.24, 2.45) is 5.73 Å². The Labute approximate surface area is 88.9 Å². The average molecular weight is 234 g/mol. The van der Waals surface area contributed by atoms with E-state index < -0.39 is 30.5 Å². The lowest BCUT2D eigenvalue weighted by Crippen LogP contribution is -2.11. The van der Waals surface area contributed by atoms with E-state index in [2.05, 4.69) is 4.98 Å². The molecule has 0 saturated carbocycles. The van der Waals surface area contributed by atoms with Gasteiger partial charge in [-0.25, -0.2) is 13.8 Å². The Kier molecular flexibility index (Phi) is 3.83. The van der Waals surface area contributed by atoms with Gasteiger partial charge in [-0.05, 0) is 11.6 Å². The van der Waals surface area contributed by atoms with Gasteiger partial charge in [-0.2, -0.15) is 4.39 Å². The molecule has 88 valence electrons. The van der Waals surface area contributed by atoms with Crippen molar-refractivity contribution in [2.75, 3.05) is 0 Å². The van der Waals surface area contributed by atoms with Crippen molar-refractivity contribution >= 4 is 5.97 Å². The van der Waals surface area contributed by atoms with Crippen molar-refractivity contribution in [1.82, 2.24) is 4.98 Å². The molecule has 0 radical (unpaired) electrons. The third-order valence-electron chi connectivity index (χ3n) is 1.93. The van der Waals surface area contributed by atoms with Gasteiger partial charge in [0.15, 0.2) is 0 Å². The number of aliphatic carboxylic acids is 1. The number of carboxylic acids is 1. The number of rotatable bonds is 4.